The molecule has 2 aromatic heterocycles. The van der Waals surface area contributed by atoms with Crippen LogP contribution >= 0.6 is 0 Å². The Balaban J connectivity index is 2.35. The third-order valence-electron chi connectivity index (χ3n) is 2.66. The van der Waals surface area contributed by atoms with E-state index in [4.69, 9.17) is 10.5 Å². The number of hydrogen-bond acceptors (Lipinski definition) is 6. The molecule has 0 aromatic carbocycles. The summed E-state index contributed by atoms with van der Waals surface area (Å²) < 4.78 is 6.55. The lowest BCUT2D eigenvalue weighted by molar-refractivity contribution is 0.0995. The van der Waals surface area contributed by atoms with Crippen molar-refractivity contribution in [3.8, 4) is 5.82 Å². The van der Waals surface area contributed by atoms with E-state index >= 15 is 0 Å². The van der Waals surface area contributed by atoms with Crippen LogP contribution in [0.2, 0.25) is 0 Å². The van der Waals surface area contributed by atoms with Gasteiger partial charge in [0.2, 0.25) is 0 Å². The Bertz CT molecular complexity index is 625. The fraction of sp³-hybridized carbons (Fsp3) is 0.385. The van der Waals surface area contributed by atoms with Gasteiger partial charge in [0.05, 0.1) is 0 Å². The van der Waals surface area contributed by atoms with Crippen LogP contribution in [0.25, 0.3) is 5.82 Å². The molecule has 2 rings (SSSR count). The molecular formula is C13H18N6O2. The minimum Gasteiger partial charge on any atom is -0.377 e. The van der Waals surface area contributed by atoms with Crippen molar-refractivity contribution in [3.63, 3.8) is 0 Å². The number of rotatable bonds is 7. The highest BCUT2D eigenvalue weighted by atomic mass is 16.5. The Morgan fingerprint density at radius 3 is 2.90 bits per heavy atom. The third-order valence-corrected chi connectivity index (χ3v) is 2.66. The van der Waals surface area contributed by atoms with Gasteiger partial charge in [-0.3, -0.25) is 4.79 Å². The van der Waals surface area contributed by atoms with Gasteiger partial charge in [-0.1, -0.05) is 6.92 Å². The first-order chi connectivity index (χ1) is 10.1. The second kappa shape index (κ2) is 6.80. The van der Waals surface area contributed by atoms with Crippen molar-refractivity contribution in [1.82, 2.24) is 19.7 Å². The van der Waals surface area contributed by atoms with E-state index in [-0.39, 0.29) is 5.69 Å². The van der Waals surface area contributed by atoms with Gasteiger partial charge in [0, 0.05) is 25.9 Å². The molecule has 0 bridgehead atoms. The van der Waals surface area contributed by atoms with Crippen LogP contribution in [0.5, 0.6) is 0 Å². The number of methoxy groups -OCH3 is 1. The highest BCUT2D eigenvalue weighted by Crippen LogP contribution is 2.12. The average Bonchev–Trinajstić information content (AvgIpc) is 2.95. The van der Waals surface area contributed by atoms with Crippen molar-refractivity contribution in [2.24, 2.45) is 5.73 Å². The summed E-state index contributed by atoms with van der Waals surface area (Å²) in [5, 5.41) is 7.28. The Morgan fingerprint density at radius 2 is 2.29 bits per heavy atom. The molecule has 0 unspecified atom stereocenters. The van der Waals surface area contributed by atoms with Crippen LogP contribution < -0.4 is 11.1 Å². The van der Waals surface area contributed by atoms with Crippen LogP contribution in [0.4, 0.5) is 5.82 Å². The molecule has 21 heavy (non-hydrogen) atoms. The molecule has 0 aliphatic heterocycles. The van der Waals surface area contributed by atoms with Crippen molar-refractivity contribution in [1.29, 1.82) is 0 Å². The molecule has 2 heterocycles. The zero-order valence-electron chi connectivity index (χ0n) is 12.0. The van der Waals surface area contributed by atoms with E-state index in [2.05, 4.69) is 27.3 Å². The molecule has 2 aromatic rings. The topological polar surface area (TPSA) is 108 Å². The van der Waals surface area contributed by atoms with Crippen LogP contribution in [0.15, 0.2) is 18.3 Å². The molecule has 112 valence electrons. The lowest BCUT2D eigenvalue weighted by Crippen LogP contribution is -2.13. The highest BCUT2D eigenvalue weighted by molar-refractivity contribution is 5.90. The second-order valence-corrected chi connectivity index (χ2v) is 4.40. The zero-order chi connectivity index (χ0) is 15.2. The number of nitrogens with one attached hydrogen (secondary N) is 1. The molecule has 8 nitrogen and oxygen atoms in total. The van der Waals surface area contributed by atoms with E-state index < -0.39 is 5.91 Å². The van der Waals surface area contributed by atoms with Crippen LogP contribution in [0, 0.1) is 0 Å². The van der Waals surface area contributed by atoms with Crippen molar-refractivity contribution in [2.75, 3.05) is 19.0 Å². The van der Waals surface area contributed by atoms with E-state index in [1.807, 2.05) is 0 Å². The molecular weight excluding hydrogens is 272 g/mol. The second-order valence-electron chi connectivity index (χ2n) is 4.40. The number of primary amides is 1. The van der Waals surface area contributed by atoms with E-state index in [1.165, 1.54) is 4.68 Å². The Labute approximate surface area is 122 Å². The summed E-state index contributed by atoms with van der Waals surface area (Å²) in [5.41, 5.74) is 5.38. The van der Waals surface area contributed by atoms with E-state index in [0.29, 0.717) is 24.1 Å². The lowest BCUT2D eigenvalue weighted by atomic mass is 10.4. The summed E-state index contributed by atoms with van der Waals surface area (Å²) in [4.78, 5) is 19.8. The van der Waals surface area contributed by atoms with Gasteiger partial charge >= 0.3 is 0 Å². The van der Waals surface area contributed by atoms with Crippen LogP contribution in [0.1, 0.15) is 29.7 Å². The minimum absolute atomic E-state index is 0.185. The number of carbonyl (C=O) groups excluding carboxylic acids is 1. The van der Waals surface area contributed by atoms with Gasteiger partial charge in [0.1, 0.15) is 18.1 Å². The van der Waals surface area contributed by atoms with Gasteiger partial charge in [0.15, 0.2) is 11.6 Å². The third kappa shape index (κ3) is 3.76. The number of nitrogens with two attached hydrogens (primary N) is 1. The van der Waals surface area contributed by atoms with Crippen molar-refractivity contribution >= 4 is 11.7 Å². The molecule has 0 saturated heterocycles. The fourth-order valence-corrected chi connectivity index (χ4v) is 1.72. The van der Waals surface area contributed by atoms with Crippen LogP contribution in [-0.2, 0) is 11.3 Å². The number of ether oxygens (including phenoxy) is 1. The van der Waals surface area contributed by atoms with E-state index in [0.717, 1.165) is 13.0 Å². The first-order valence-corrected chi connectivity index (χ1v) is 6.60. The predicted octanol–water partition coefficient (Wildman–Crippen LogP) is 0.729. The number of amides is 1. The Hall–Kier alpha value is -2.48. The summed E-state index contributed by atoms with van der Waals surface area (Å²) in [6.07, 6.45) is 2.61. The number of nitrogens with zero attached hydrogens (tertiary/aromatic N) is 4. The predicted molar refractivity (Wildman–Crippen MR) is 77.2 cm³/mol. The van der Waals surface area contributed by atoms with E-state index in [1.54, 1.807) is 25.4 Å². The van der Waals surface area contributed by atoms with Crippen molar-refractivity contribution in [3.05, 3.63) is 29.8 Å². The maximum Gasteiger partial charge on any atom is 0.269 e. The standard InChI is InChI=1S/C13H18N6O2/c1-3-5-15-10-7-12(17-11(16-10)8-21-2)19-6-4-9(18-19)13(14)20/h4,6-7H,3,5,8H2,1-2H3,(H2,14,20)(H,15,16,17). The number of carbonyl (C=O) groups is 1. The molecule has 0 aliphatic carbocycles. The quantitative estimate of drug-likeness (QED) is 0.778. The van der Waals surface area contributed by atoms with Crippen molar-refractivity contribution < 1.29 is 9.53 Å². The Kier molecular flexibility index (Phi) is 4.83. The molecule has 0 radical (unpaired) electrons. The smallest absolute Gasteiger partial charge is 0.269 e. The van der Waals surface area contributed by atoms with Gasteiger partial charge < -0.3 is 15.8 Å². The molecule has 0 saturated carbocycles. The number of aromatic nitrogens is 4. The van der Waals surface area contributed by atoms with Crippen molar-refractivity contribution in [2.45, 2.75) is 20.0 Å². The fourth-order valence-electron chi connectivity index (χ4n) is 1.72. The normalized spacial score (nSPS) is 10.6. The van der Waals surface area contributed by atoms with Crippen LogP contribution in [0.3, 0.4) is 0 Å². The van der Waals surface area contributed by atoms with E-state index in [9.17, 15) is 4.79 Å². The first-order valence-electron chi connectivity index (χ1n) is 6.60. The monoisotopic (exact) mass is 290 g/mol. The average molecular weight is 290 g/mol. The minimum atomic E-state index is -0.579. The van der Waals surface area contributed by atoms with Gasteiger partial charge in [0.25, 0.3) is 5.91 Å². The van der Waals surface area contributed by atoms with Gasteiger partial charge in [-0.05, 0) is 12.5 Å². The summed E-state index contributed by atoms with van der Waals surface area (Å²) in [6.45, 7) is 3.16. The first kappa shape index (κ1) is 14.9. The summed E-state index contributed by atoms with van der Waals surface area (Å²) in [7, 11) is 1.58. The maximum absolute atomic E-state index is 11.1. The van der Waals surface area contributed by atoms with Crippen LogP contribution in [-0.4, -0.2) is 39.3 Å². The molecule has 0 fully saturated rings. The SMILES string of the molecule is CCCNc1cc(-n2ccc(C(N)=O)n2)nc(COC)n1. The largest absolute Gasteiger partial charge is 0.377 e. The number of hydrogen-bond donors (Lipinski definition) is 2. The Morgan fingerprint density at radius 1 is 1.48 bits per heavy atom. The molecule has 8 heteroatoms. The van der Waals surface area contributed by atoms with Gasteiger partial charge in [-0.25, -0.2) is 14.6 Å². The summed E-state index contributed by atoms with van der Waals surface area (Å²) in [5.74, 6) is 1.18. The molecule has 0 spiro atoms. The molecule has 0 aliphatic rings. The summed E-state index contributed by atoms with van der Waals surface area (Å²) in [6, 6.07) is 3.30. The van der Waals surface area contributed by atoms with Gasteiger partial charge in [-0.2, -0.15) is 5.10 Å². The molecule has 1 amide bonds. The summed E-state index contributed by atoms with van der Waals surface area (Å²) >= 11 is 0. The maximum atomic E-state index is 11.1. The molecule has 3 N–H and O–H groups in total. The highest BCUT2D eigenvalue weighted by Gasteiger charge is 2.10. The number of anilines is 1. The van der Waals surface area contributed by atoms with Gasteiger partial charge in [-0.15, -0.1) is 0 Å². The lowest BCUT2D eigenvalue weighted by Gasteiger charge is -2.09. The zero-order valence-corrected chi connectivity index (χ0v) is 12.0. The molecule has 0 atom stereocenters.